The van der Waals surface area contributed by atoms with Gasteiger partial charge in [-0.25, -0.2) is 9.37 Å². The van der Waals surface area contributed by atoms with Gasteiger partial charge in [0.1, 0.15) is 12.5 Å². The summed E-state index contributed by atoms with van der Waals surface area (Å²) in [5.41, 5.74) is 1.77. The number of hydrogen-bond acceptors (Lipinski definition) is 8. The highest BCUT2D eigenvalue weighted by atomic mass is 19.1. The molecule has 1 amide bonds. The van der Waals surface area contributed by atoms with Crippen LogP contribution in [0.3, 0.4) is 0 Å². The van der Waals surface area contributed by atoms with E-state index in [0.29, 0.717) is 28.5 Å². The fourth-order valence-electron chi connectivity index (χ4n) is 3.56. The molecule has 0 saturated heterocycles. The van der Waals surface area contributed by atoms with Gasteiger partial charge < -0.3 is 15.4 Å². The number of methoxy groups -OCH3 is 1. The predicted molar refractivity (Wildman–Crippen MR) is 117 cm³/mol. The summed E-state index contributed by atoms with van der Waals surface area (Å²) in [6, 6.07) is 6.95. The van der Waals surface area contributed by atoms with Crippen LogP contribution in [0.1, 0.15) is 29.8 Å². The minimum atomic E-state index is -1.13. The summed E-state index contributed by atoms with van der Waals surface area (Å²) in [5, 5.41) is 18.2. The van der Waals surface area contributed by atoms with Crippen molar-refractivity contribution in [2.75, 3.05) is 17.7 Å². The van der Waals surface area contributed by atoms with Crippen molar-refractivity contribution in [3.8, 4) is 17.1 Å². The lowest BCUT2D eigenvalue weighted by molar-refractivity contribution is -0.117. The Morgan fingerprint density at radius 1 is 1.21 bits per heavy atom. The Balaban J connectivity index is 1.50. The second kappa shape index (κ2) is 8.23. The van der Waals surface area contributed by atoms with Crippen molar-refractivity contribution in [3.63, 3.8) is 0 Å². The third-order valence-electron chi connectivity index (χ3n) is 5.61. The SMILES string of the molecule is COc1c(Nc2cc(NC(=O)C3CC3F)nnc2C(=O)C2CC2)cccc1-c1ncn(C)n1. The molecular formula is C22H22FN7O3. The zero-order chi connectivity index (χ0) is 23.1. The fraction of sp³-hybridized carbons (Fsp3) is 0.364. The molecule has 2 aliphatic carbocycles. The summed E-state index contributed by atoms with van der Waals surface area (Å²) in [6.45, 7) is 0. The molecule has 2 heterocycles. The Morgan fingerprint density at radius 3 is 2.64 bits per heavy atom. The maximum absolute atomic E-state index is 13.2. The molecule has 11 heteroatoms. The third-order valence-corrected chi connectivity index (χ3v) is 5.61. The number of carbonyl (C=O) groups excluding carboxylic acids is 2. The van der Waals surface area contributed by atoms with Crippen molar-refractivity contribution in [1.82, 2.24) is 25.0 Å². The van der Waals surface area contributed by atoms with Crippen LogP contribution in [0.25, 0.3) is 11.4 Å². The van der Waals surface area contributed by atoms with Crippen molar-refractivity contribution >= 4 is 28.9 Å². The van der Waals surface area contributed by atoms with E-state index in [2.05, 4.69) is 30.9 Å². The van der Waals surface area contributed by atoms with Crippen LogP contribution < -0.4 is 15.4 Å². The third kappa shape index (κ3) is 4.26. The smallest absolute Gasteiger partial charge is 0.231 e. The van der Waals surface area contributed by atoms with Gasteiger partial charge in [-0.15, -0.1) is 10.2 Å². The van der Waals surface area contributed by atoms with Gasteiger partial charge in [0, 0.05) is 19.0 Å². The molecule has 1 aromatic carbocycles. The molecule has 2 atom stereocenters. The van der Waals surface area contributed by atoms with Crippen LogP contribution >= 0.6 is 0 Å². The molecule has 2 unspecified atom stereocenters. The molecule has 2 saturated carbocycles. The molecule has 0 radical (unpaired) electrons. The van der Waals surface area contributed by atoms with E-state index in [1.54, 1.807) is 24.1 Å². The summed E-state index contributed by atoms with van der Waals surface area (Å²) in [5.74, 6) is -0.216. The first kappa shape index (κ1) is 21.0. The van der Waals surface area contributed by atoms with Crippen LogP contribution in [0, 0.1) is 11.8 Å². The Kier molecular flexibility index (Phi) is 5.23. The topological polar surface area (TPSA) is 124 Å². The number of nitrogens with one attached hydrogen (secondary N) is 2. The van der Waals surface area contributed by atoms with Gasteiger partial charge >= 0.3 is 0 Å². The number of amides is 1. The number of ketones is 1. The highest BCUT2D eigenvalue weighted by molar-refractivity contribution is 6.03. The summed E-state index contributed by atoms with van der Waals surface area (Å²) in [4.78, 5) is 29.3. The summed E-state index contributed by atoms with van der Waals surface area (Å²) < 4.78 is 20.5. The Labute approximate surface area is 188 Å². The summed E-state index contributed by atoms with van der Waals surface area (Å²) in [6.07, 6.45) is 2.28. The monoisotopic (exact) mass is 451 g/mol. The van der Waals surface area contributed by atoms with Crippen molar-refractivity contribution in [2.24, 2.45) is 18.9 Å². The van der Waals surface area contributed by atoms with Crippen molar-refractivity contribution in [2.45, 2.75) is 25.4 Å². The number of aromatic nitrogens is 5. The maximum atomic E-state index is 13.2. The largest absolute Gasteiger partial charge is 0.494 e. The first-order valence-corrected chi connectivity index (χ1v) is 10.6. The molecule has 2 N–H and O–H groups in total. The van der Waals surface area contributed by atoms with E-state index in [4.69, 9.17) is 4.74 Å². The Hall–Kier alpha value is -3.89. The molecule has 0 spiro atoms. The number of anilines is 3. The van der Waals surface area contributed by atoms with Crippen molar-refractivity contribution in [3.05, 3.63) is 36.3 Å². The fourth-order valence-corrected chi connectivity index (χ4v) is 3.56. The molecule has 0 aliphatic heterocycles. The zero-order valence-electron chi connectivity index (χ0n) is 18.1. The molecule has 10 nitrogen and oxygen atoms in total. The number of rotatable bonds is 8. The van der Waals surface area contributed by atoms with Crippen LogP contribution in [-0.2, 0) is 11.8 Å². The minimum Gasteiger partial charge on any atom is -0.494 e. The number of para-hydroxylation sites is 1. The molecule has 0 bridgehead atoms. The normalized spacial score (nSPS) is 19.1. The van der Waals surface area contributed by atoms with E-state index in [-0.39, 0.29) is 29.6 Å². The standard InChI is InChI=1S/C22H22FN7O3/c1-30-10-24-21(29-30)12-4-3-5-15(20(12)33-2)25-16-9-17(26-22(32)13-8-14(13)23)27-28-18(16)19(31)11-6-7-11/h3-5,9-11,13-14H,6-8H2,1-2H3,(H2,25,26,27,32). The number of hydrogen-bond donors (Lipinski definition) is 2. The van der Waals surface area contributed by atoms with Gasteiger partial charge in [-0.2, -0.15) is 5.10 Å². The van der Waals surface area contributed by atoms with E-state index in [0.717, 1.165) is 12.8 Å². The summed E-state index contributed by atoms with van der Waals surface area (Å²) in [7, 11) is 3.30. The average molecular weight is 451 g/mol. The molecule has 33 heavy (non-hydrogen) atoms. The number of nitrogens with zero attached hydrogens (tertiary/aromatic N) is 5. The lowest BCUT2D eigenvalue weighted by Crippen LogP contribution is -2.18. The van der Waals surface area contributed by atoms with Crippen LogP contribution in [0.5, 0.6) is 5.75 Å². The molecule has 2 fully saturated rings. The van der Waals surface area contributed by atoms with E-state index in [9.17, 15) is 14.0 Å². The predicted octanol–water partition coefficient (Wildman–Crippen LogP) is 2.91. The molecule has 2 aliphatic rings. The van der Waals surface area contributed by atoms with E-state index in [1.165, 1.54) is 13.2 Å². The van der Waals surface area contributed by atoms with Gasteiger partial charge in [0.25, 0.3) is 0 Å². The highest BCUT2D eigenvalue weighted by Crippen LogP contribution is 2.39. The molecule has 5 rings (SSSR count). The minimum absolute atomic E-state index is 0.0787. The second-order valence-electron chi connectivity index (χ2n) is 8.23. The summed E-state index contributed by atoms with van der Waals surface area (Å²) >= 11 is 0. The lowest BCUT2D eigenvalue weighted by atomic mass is 10.1. The van der Waals surface area contributed by atoms with Crippen molar-refractivity contribution < 1.29 is 18.7 Å². The number of benzene rings is 1. The maximum Gasteiger partial charge on any atom is 0.231 e. The first-order valence-electron chi connectivity index (χ1n) is 10.6. The second-order valence-corrected chi connectivity index (χ2v) is 8.23. The first-order chi connectivity index (χ1) is 15.9. The van der Waals surface area contributed by atoms with Gasteiger partial charge in [-0.3, -0.25) is 14.3 Å². The number of halogens is 1. The van der Waals surface area contributed by atoms with E-state index < -0.39 is 18.0 Å². The number of Topliss-reactive ketones (excluding diaryl/α,β-unsaturated/α-hetero) is 1. The quantitative estimate of drug-likeness (QED) is 0.501. The average Bonchev–Trinajstić information content (AvgIpc) is 3.72. The van der Waals surface area contributed by atoms with Crippen molar-refractivity contribution in [1.29, 1.82) is 0 Å². The van der Waals surface area contributed by atoms with Gasteiger partial charge in [-0.05, 0) is 31.4 Å². The van der Waals surface area contributed by atoms with Crippen LogP contribution in [0.4, 0.5) is 21.6 Å². The number of alkyl halides is 1. The van der Waals surface area contributed by atoms with Crippen LogP contribution in [-0.4, -0.2) is 49.9 Å². The van der Waals surface area contributed by atoms with Gasteiger partial charge in [0.05, 0.1) is 30.0 Å². The highest BCUT2D eigenvalue weighted by Gasteiger charge is 2.44. The number of aryl methyl sites for hydroxylation is 1. The van der Waals surface area contributed by atoms with Gasteiger partial charge in [-0.1, -0.05) is 6.07 Å². The van der Waals surface area contributed by atoms with Gasteiger partial charge in [0.15, 0.2) is 28.9 Å². The lowest BCUT2D eigenvalue weighted by Gasteiger charge is -2.16. The molecule has 170 valence electrons. The number of ether oxygens (including phenoxy) is 1. The molecular weight excluding hydrogens is 429 g/mol. The molecule has 2 aromatic heterocycles. The zero-order valence-corrected chi connectivity index (χ0v) is 18.1. The van der Waals surface area contributed by atoms with E-state index >= 15 is 0 Å². The van der Waals surface area contributed by atoms with Gasteiger partial charge in [0.2, 0.25) is 5.91 Å². The van der Waals surface area contributed by atoms with Crippen LogP contribution in [0.2, 0.25) is 0 Å². The van der Waals surface area contributed by atoms with Crippen LogP contribution in [0.15, 0.2) is 30.6 Å². The van der Waals surface area contributed by atoms with E-state index in [1.807, 2.05) is 12.1 Å². The Bertz CT molecular complexity index is 1240. The Morgan fingerprint density at radius 2 is 2.00 bits per heavy atom. The molecule has 3 aromatic rings. The number of carbonyl (C=O) groups is 2.